The van der Waals surface area contributed by atoms with Gasteiger partial charge in [-0.25, -0.2) is 0 Å². The van der Waals surface area contributed by atoms with Gasteiger partial charge in [-0.1, -0.05) is 32.1 Å². The SMILES string of the molecule is [CH2]C(CC1CCCCC1)C1CC1. The third kappa shape index (κ3) is 2.24. The molecule has 0 spiro atoms. The van der Waals surface area contributed by atoms with Gasteiger partial charge in [0, 0.05) is 0 Å². The zero-order chi connectivity index (χ0) is 8.39. The van der Waals surface area contributed by atoms with Gasteiger partial charge in [0.05, 0.1) is 0 Å². The molecule has 0 aliphatic heterocycles. The Morgan fingerprint density at radius 3 is 2.25 bits per heavy atom. The Morgan fingerprint density at radius 1 is 1.00 bits per heavy atom. The van der Waals surface area contributed by atoms with E-state index in [9.17, 15) is 0 Å². The van der Waals surface area contributed by atoms with E-state index in [2.05, 4.69) is 6.92 Å². The number of hydrogen-bond donors (Lipinski definition) is 0. The first kappa shape index (κ1) is 8.59. The first-order valence-corrected chi connectivity index (χ1v) is 5.69. The fraction of sp³-hybridized carbons (Fsp3) is 0.917. The monoisotopic (exact) mass is 165 g/mol. The molecule has 0 aromatic rings. The molecular weight excluding hydrogens is 144 g/mol. The second-order valence-corrected chi connectivity index (χ2v) is 4.84. The molecule has 0 saturated heterocycles. The molecule has 2 aliphatic carbocycles. The van der Waals surface area contributed by atoms with Gasteiger partial charge in [-0.15, -0.1) is 0 Å². The molecular formula is C12H21. The lowest BCUT2D eigenvalue weighted by atomic mass is 9.82. The van der Waals surface area contributed by atoms with Gasteiger partial charge < -0.3 is 0 Å². The van der Waals surface area contributed by atoms with Gasteiger partial charge in [0.1, 0.15) is 0 Å². The van der Waals surface area contributed by atoms with Crippen molar-refractivity contribution in [1.82, 2.24) is 0 Å². The maximum atomic E-state index is 4.29. The van der Waals surface area contributed by atoms with Gasteiger partial charge in [-0.05, 0) is 43.9 Å². The average molecular weight is 165 g/mol. The van der Waals surface area contributed by atoms with Gasteiger partial charge in [-0.3, -0.25) is 0 Å². The number of hydrogen-bond acceptors (Lipinski definition) is 0. The van der Waals surface area contributed by atoms with E-state index < -0.39 is 0 Å². The first-order valence-electron chi connectivity index (χ1n) is 5.69. The summed E-state index contributed by atoms with van der Waals surface area (Å²) in [6.45, 7) is 4.29. The minimum Gasteiger partial charge on any atom is -0.0533 e. The largest absolute Gasteiger partial charge is 0.0533 e. The second kappa shape index (κ2) is 3.81. The lowest BCUT2D eigenvalue weighted by Gasteiger charge is -2.24. The molecule has 0 heteroatoms. The van der Waals surface area contributed by atoms with Gasteiger partial charge in [0.25, 0.3) is 0 Å². The quantitative estimate of drug-likeness (QED) is 0.596. The number of rotatable bonds is 3. The standard InChI is InChI=1S/C12H21/c1-10(12-7-8-12)9-11-5-3-2-4-6-11/h10-12H,1-9H2. The van der Waals surface area contributed by atoms with Gasteiger partial charge in [0.15, 0.2) is 0 Å². The summed E-state index contributed by atoms with van der Waals surface area (Å²) >= 11 is 0. The molecule has 69 valence electrons. The molecule has 0 nitrogen and oxygen atoms in total. The Kier molecular flexibility index (Phi) is 2.73. The molecule has 2 aliphatic rings. The van der Waals surface area contributed by atoms with E-state index in [1.807, 2.05) is 0 Å². The lowest BCUT2D eigenvalue weighted by molar-refractivity contribution is 0.295. The molecule has 0 N–H and O–H groups in total. The molecule has 2 saturated carbocycles. The summed E-state index contributed by atoms with van der Waals surface area (Å²) in [7, 11) is 0. The Bertz CT molecular complexity index is 129. The maximum Gasteiger partial charge on any atom is -0.0383 e. The molecule has 0 aromatic carbocycles. The Hall–Kier alpha value is 0. The van der Waals surface area contributed by atoms with E-state index in [4.69, 9.17) is 0 Å². The summed E-state index contributed by atoms with van der Waals surface area (Å²) in [4.78, 5) is 0. The van der Waals surface area contributed by atoms with Crippen LogP contribution in [0, 0.1) is 24.7 Å². The highest BCUT2D eigenvalue weighted by Crippen LogP contribution is 2.41. The van der Waals surface area contributed by atoms with E-state index in [1.54, 1.807) is 0 Å². The van der Waals surface area contributed by atoms with Gasteiger partial charge in [0.2, 0.25) is 0 Å². The van der Waals surface area contributed by atoms with E-state index in [-0.39, 0.29) is 0 Å². The third-order valence-corrected chi connectivity index (χ3v) is 3.65. The minimum atomic E-state index is 0.799. The van der Waals surface area contributed by atoms with Crippen molar-refractivity contribution in [1.29, 1.82) is 0 Å². The van der Waals surface area contributed by atoms with Crippen LogP contribution in [0.5, 0.6) is 0 Å². The zero-order valence-electron chi connectivity index (χ0n) is 8.10. The molecule has 1 atom stereocenters. The Balaban J connectivity index is 1.69. The fourth-order valence-corrected chi connectivity index (χ4v) is 2.61. The van der Waals surface area contributed by atoms with Gasteiger partial charge >= 0.3 is 0 Å². The molecule has 0 amide bonds. The summed E-state index contributed by atoms with van der Waals surface area (Å²) < 4.78 is 0. The summed E-state index contributed by atoms with van der Waals surface area (Å²) in [5.41, 5.74) is 0. The van der Waals surface area contributed by atoms with E-state index >= 15 is 0 Å². The van der Waals surface area contributed by atoms with Crippen molar-refractivity contribution in [3.05, 3.63) is 6.92 Å². The molecule has 0 bridgehead atoms. The lowest BCUT2D eigenvalue weighted by Crippen LogP contribution is -2.11. The maximum absolute atomic E-state index is 4.29. The molecule has 1 radical (unpaired) electrons. The van der Waals surface area contributed by atoms with Crippen LogP contribution in [0.25, 0.3) is 0 Å². The predicted octanol–water partition coefficient (Wildman–Crippen LogP) is 3.82. The van der Waals surface area contributed by atoms with E-state index in [0.29, 0.717) is 0 Å². The molecule has 2 rings (SSSR count). The molecule has 0 aromatic heterocycles. The van der Waals surface area contributed by atoms with Crippen molar-refractivity contribution in [2.24, 2.45) is 17.8 Å². The van der Waals surface area contributed by atoms with Crippen molar-refractivity contribution < 1.29 is 0 Å². The highest BCUT2D eigenvalue weighted by molar-refractivity contribution is 4.84. The van der Waals surface area contributed by atoms with Crippen LogP contribution < -0.4 is 0 Å². The first-order chi connectivity index (χ1) is 5.86. The van der Waals surface area contributed by atoms with Crippen LogP contribution in [0.4, 0.5) is 0 Å². The topological polar surface area (TPSA) is 0 Å². The Labute approximate surface area is 76.7 Å². The van der Waals surface area contributed by atoms with Crippen molar-refractivity contribution >= 4 is 0 Å². The van der Waals surface area contributed by atoms with Crippen molar-refractivity contribution in [3.63, 3.8) is 0 Å². The van der Waals surface area contributed by atoms with E-state index in [0.717, 1.165) is 17.8 Å². The van der Waals surface area contributed by atoms with Crippen LogP contribution >= 0.6 is 0 Å². The highest BCUT2D eigenvalue weighted by Gasteiger charge is 2.29. The van der Waals surface area contributed by atoms with Crippen LogP contribution in [0.3, 0.4) is 0 Å². The average Bonchev–Trinajstić information content (AvgIpc) is 2.88. The molecule has 12 heavy (non-hydrogen) atoms. The van der Waals surface area contributed by atoms with Crippen molar-refractivity contribution in [2.75, 3.05) is 0 Å². The molecule has 2 fully saturated rings. The third-order valence-electron chi connectivity index (χ3n) is 3.65. The minimum absolute atomic E-state index is 0.799. The van der Waals surface area contributed by atoms with Gasteiger partial charge in [-0.2, -0.15) is 0 Å². The highest BCUT2D eigenvalue weighted by atomic mass is 14.3. The van der Waals surface area contributed by atoms with Crippen molar-refractivity contribution in [3.8, 4) is 0 Å². The smallest absolute Gasteiger partial charge is 0.0383 e. The summed E-state index contributed by atoms with van der Waals surface area (Å²) in [6, 6.07) is 0. The normalized spacial score (nSPS) is 28.8. The molecule has 1 unspecified atom stereocenters. The predicted molar refractivity (Wildman–Crippen MR) is 52.8 cm³/mol. The summed E-state index contributed by atoms with van der Waals surface area (Å²) in [5.74, 6) is 2.86. The van der Waals surface area contributed by atoms with Crippen LogP contribution in [0.15, 0.2) is 0 Å². The van der Waals surface area contributed by atoms with Crippen molar-refractivity contribution in [2.45, 2.75) is 51.4 Å². The second-order valence-electron chi connectivity index (χ2n) is 4.84. The van der Waals surface area contributed by atoms with Crippen LogP contribution in [0.1, 0.15) is 51.4 Å². The zero-order valence-corrected chi connectivity index (χ0v) is 8.10. The fourth-order valence-electron chi connectivity index (χ4n) is 2.61. The summed E-state index contributed by atoms with van der Waals surface area (Å²) in [5, 5.41) is 0. The summed E-state index contributed by atoms with van der Waals surface area (Å²) in [6.07, 6.45) is 11.8. The van der Waals surface area contributed by atoms with E-state index in [1.165, 1.54) is 51.4 Å². The van der Waals surface area contributed by atoms with Crippen LogP contribution in [0.2, 0.25) is 0 Å². The van der Waals surface area contributed by atoms with Crippen LogP contribution in [-0.2, 0) is 0 Å². The van der Waals surface area contributed by atoms with Crippen LogP contribution in [-0.4, -0.2) is 0 Å². The Morgan fingerprint density at radius 2 is 1.67 bits per heavy atom. The molecule has 0 heterocycles.